The summed E-state index contributed by atoms with van der Waals surface area (Å²) in [7, 11) is 0. The van der Waals surface area contributed by atoms with Crippen molar-refractivity contribution in [3.63, 3.8) is 0 Å². The summed E-state index contributed by atoms with van der Waals surface area (Å²) in [6.07, 6.45) is 2.24. The molecule has 18 heavy (non-hydrogen) atoms. The third-order valence-corrected chi connectivity index (χ3v) is 4.66. The number of allylic oxidation sites excluding steroid dienone is 3. The molecule has 0 nitrogen and oxygen atoms in total. The first-order valence-electron chi connectivity index (χ1n) is 7.40. The molecular weight excluding hydrogens is 216 g/mol. The summed E-state index contributed by atoms with van der Waals surface area (Å²) in [5.74, 6) is 2.69. The molecule has 106 valence electrons. The van der Waals surface area contributed by atoms with Gasteiger partial charge in [0.1, 0.15) is 0 Å². The molecule has 0 aromatic carbocycles. The van der Waals surface area contributed by atoms with Crippen LogP contribution in [0.5, 0.6) is 0 Å². The van der Waals surface area contributed by atoms with E-state index in [1.165, 1.54) is 11.1 Å². The molecule has 0 aliphatic heterocycles. The molecule has 0 fully saturated rings. The first-order chi connectivity index (χ1) is 8.03. The Morgan fingerprint density at radius 1 is 0.944 bits per heavy atom. The van der Waals surface area contributed by atoms with Crippen LogP contribution < -0.4 is 0 Å². The lowest BCUT2D eigenvalue weighted by Crippen LogP contribution is -2.25. The maximum absolute atomic E-state index is 4.39. The third kappa shape index (κ3) is 4.30. The Bertz CT molecular complexity index is 298. The van der Waals surface area contributed by atoms with Gasteiger partial charge in [-0.15, -0.1) is 0 Å². The summed E-state index contributed by atoms with van der Waals surface area (Å²) < 4.78 is 0. The van der Waals surface area contributed by atoms with E-state index in [9.17, 15) is 0 Å². The lowest BCUT2D eigenvalue weighted by molar-refractivity contribution is 0.243. The Labute approximate surface area is 116 Å². The summed E-state index contributed by atoms with van der Waals surface area (Å²) in [5.41, 5.74) is 2.93. The number of hydrogen-bond acceptors (Lipinski definition) is 0. The normalized spacial score (nSPS) is 18.7. The van der Waals surface area contributed by atoms with E-state index in [-0.39, 0.29) is 5.41 Å². The Morgan fingerprint density at radius 2 is 1.39 bits per heavy atom. The third-order valence-electron chi connectivity index (χ3n) is 4.66. The van der Waals surface area contributed by atoms with Crippen LogP contribution in [0, 0.1) is 29.1 Å². The molecule has 0 aromatic heterocycles. The molecule has 0 N–H and O–H groups in total. The maximum Gasteiger partial charge on any atom is -0.0132 e. The highest BCUT2D eigenvalue weighted by Crippen LogP contribution is 2.39. The SMILES string of the molecule is C=C(C(=CC)C(C)(C)C)C(C)C(C)C(C)C(C)C. The van der Waals surface area contributed by atoms with Gasteiger partial charge < -0.3 is 0 Å². The summed E-state index contributed by atoms with van der Waals surface area (Å²) in [5, 5.41) is 0. The minimum absolute atomic E-state index is 0.195. The van der Waals surface area contributed by atoms with Crippen molar-refractivity contribution >= 4 is 0 Å². The second kappa shape index (κ2) is 6.59. The summed E-state index contributed by atoms with van der Waals surface area (Å²) in [6, 6.07) is 0. The van der Waals surface area contributed by atoms with Gasteiger partial charge in [0, 0.05) is 0 Å². The lowest BCUT2D eigenvalue weighted by atomic mass is 9.71. The van der Waals surface area contributed by atoms with Crippen LogP contribution in [0.15, 0.2) is 23.8 Å². The molecule has 0 rings (SSSR count). The van der Waals surface area contributed by atoms with Crippen LogP contribution in [-0.2, 0) is 0 Å². The maximum atomic E-state index is 4.39. The molecule has 3 unspecified atom stereocenters. The average Bonchev–Trinajstić information content (AvgIpc) is 2.24. The highest BCUT2D eigenvalue weighted by Gasteiger charge is 2.28. The van der Waals surface area contributed by atoms with Crippen molar-refractivity contribution in [2.45, 2.75) is 62.3 Å². The van der Waals surface area contributed by atoms with Crippen LogP contribution in [0.4, 0.5) is 0 Å². The average molecular weight is 250 g/mol. The molecule has 0 aromatic rings. The van der Waals surface area contributed by atoms with Crippen LogP contribution in [0.1, 0.15) is 62.3 Å². The van der Waals surface area contributed by atoms with E-state index in [2.05, 4.69) is 75.0 Å². The quantitative estimate of drug-likeness (QED) is 0.517. The van der Waals surface area contributed by atoms with Crippen LogP contribution >= 0.6 is 0 Å². The van der Waals surface area contributed by atoms with Gasteiger partial charge in [-0.05, 0) is 47.2 Å². The van der Waals surface area contributed by atoms with Crippen LogP contribution in [0.3, 0.4) is 0 Å². The molecule has 0 heteroatoms. The molecule has 0 saturated carbocycles. The van der Waals surface area contributed by atoms with Crippen molar-refractivity contribution < 1.29 is 0 Å². The summed E-state index contributed by atoms with van der Waals surface area (Å²) >= 11 is 0. The van der Waals surface area contributed by atoms with Gasteiger partial charge in [0.2, 0.25) is 0 Å². The van der Waals surface area contributed by atoms with E-state index in [4.69, 9.17) is 0 Å². The van der Waals surface area contributed by atoms with E-state index in [1.807, 2.05) is 0 Å². The second-order valence-electron chi connectivity index (χ2n) is 7.23. The molecule has 0 radical (unpaired) electrons. The topological polar surface area (TPSA) is 0 Å². The smallest absolute Gasteiger partial charge is 0.0132 e. The molecule has 0 amide bonds. The van der Waals surface area contributed by atoms with Crippen molar-refractivity contribution in [2.75, 3.05) is 0 Å². The second-order valence-corrected chi connectivity index (χ2v) is 7.23. The van der Waals surface area contributed by atoms with Crippen molar-refractivity contribution in [1.82, 2.24) is 0 Å². The predicted octanol–water partition coefficient (Wildman–Crippen LogP) is 6.10. The van der Waals surface area contributed by atoms with Crippen molar-refractivity contribution in [3.05, 3.63) is 23.8 Å². The van der Waals surface area contributed by atoms with E-state index in [1.54, 1.807) is 0 Å². The van der Waals surface area contributed by atoms with Crippen molar-refractivity contribution in [3.8, 4) is 0 Å². The molecule has 0 spiro atoms. The standard InChI is InChI=1S/C18H34/c1-11-17(18(8,9)10)16(7)15(6)14(5)13(4)12(2)3/h11-15H,7H2,1-6,8-10H3. The van der Waals surface area contributed by atoms with Crippen LogP contribution in [0.25, 0.3) is 0 Å². The molecule has 0 aliphatic carbocycles. The molecule has 0 saturated heterocycles. The van der Waals surface area contributed by atoms with E-state index < -0.39 is 0 Å². The zero-order valence-corrected chi connectivity index (χ0v) is 14.1. The summed E-state index contributed by atoms with van der Waals surface area (Å²) in [4.78, 5) is 0. The highest BCUT2D eigenvalue weighted by molar-refractivity contribution is 5.34. The largest absolute Gasteiger partial charge is 0.0953 e. The van der Waals surface area contributed by atoms with Gasteiger partial charge >= 0.3 is 0 Å². The van der Waals surface area contributed by atoms with Crippen molar-refractivity contribution in [1.29, 1.82) is 0 Å². The number of hydrogen-bond donors (Lipinski definition) is 0. The molecular formula is C18H34. The summed E-state index contributed by atoms with van der Waals surface area (Å²) in [6.45, 7) is 25.0. The van der Waals surface area contributed by atoms with Gasteiger partial charge in [-0.2, -0.15) is 0 Å². The first-order valence-corrected chi connectivity index (χ1v) is 7.40. The van der Waals surface area contributed by atoms with Gasteiger partial charge in [-0.25, -0.2) is 0 Å². The Hall–Kier alpha value is -0.520. The molecule has 0 aliphatic rings. The molecule has 0 heterocycles. The fourth-order valence-electron chi connectivity index (χ4n) is 2.73. The fourth-order valence-corrected chi connectivity index (χ4v) is 2.73. The Kier molecular flexibility index (Phi) is 6.40. The predicted molar refractivity (Wildman–Crippen MR) is 84.7 cm³/mol. The lowest BCUT2D eigenvalue weighted by Gasteiger charge is -2.34. The van der Waals surface area contributed by atoms with E-state index in [0.717, 1.165) is 11.8 Å². The van der Waals surface area contributed by atoms with Gasteiger partial charge in [0.15, 0.2) is 0 Å². The van der Waals surface area contributed by atoms with Gasteiger partial charge in [0.05, 0.1) is 0 Å². The van der Waals surface area contributed by atoms with E-state index >= 15 is 0 Å². The molecule has 3 atom stereocenters. The van der Waals surface area contributed by atoms with Crippen molar-refractivity contribution in [2.24, 2.45) is 29.1 Å². The number of rotatable bonds is 5. The monoisotopic (exact) mass is 250 g/mol. The minimum Gasteiger partial charge on any atom is -0.0953 e. The zero-order chi connectivity index (χ0) is 14.7. The van der Waals surface area contributed by atoms with E-state index in [0.29, 0.717) is 11.8 Å². The Balaban J connectivity index is 5.01. The Morgan fingerprint density at radius 3 is 1.67 bits per heavy atom. The van der Waals surface area contributed by atoms with Gasteiger partial charge in [-0.1, -0.05) is 68.0 Å². The molecule has 0 bridgehead atoms. The first kappa shape index (κ1) is 17.5. The fraction of sp³-hybridized carbons (Fsp3) is 0.778. The minimum atomic E-state index is 0.195. The van der Waals surface area contributed by atoms with Gasteiger partial charge in [0.25, 0.3) is 0 Å². The van der Waals surface area contributed by atoms with Crippen LogP contribution in [-0.4, -0.2) is 0 Å². The zero-order valence-electron chi connectivity index (χ0n) is 14.1. The highest BCUT2D eigenvalue weighted by atomic mass is 14.3. The van der Waals surface area contributed by atoms with Gasteiger partial charge in [-0.3, -0.25) is 0 Å². The van der Waals surface area contributed by atoms with Crippen LogP contribution in [0.2, 0.25) is 0 Å².